The number of nitrogens with zero attached hydrogens (tertiary/aromatic N) is 5. The van der Waals surface area contributed by atoms with Crippen LogP contribution in [0.1, 0.15) is 23.2 Å². The van der Waals surface area contributed by atoms with Gasteiger partial charge in [0.1, 0.15) is 5.82 Å². The summed E-state index contributed by atoms with van der Waals surface area (Å²) in [5, 5.41) is 7.74. The van der Waals surface area contributed by atoms with E-state index < -0.39 is 0 Å². The first-order chi connectivity index (χ1) is 11.6. The molecule has 3 rings (SSSR count). The summed E-state index contributed by atoms with van der Waals surface area (Å²) in [4.78, 5) is 13.3. The second-order valence-electron chi connectivity index (χ2n) is 5.90. The van der Waals surface area contributed by atoms with Crippen LogP contribution in [0.5, 0.6) is 0 Å². The van der Waals surface area contributed by atoms with Crippen LogP contribution in [-0.2, 0) is 6.54 Å². The summed E-state index contributed by atoms with van der Waals surface area (Å²) >= 11 is 0. The van der Waals surface area contributed by atoms with Crippen LogP contribution in [0.4, 0.5) is 5.82 Å². The van der Waals surface area contributed by atoms with Crippen LogP contribution in [0.25, 0.3) is 11.4 Å². The molecule has 0 unspecified atom stereocenters. The van der Waals surface area contributed by atoms with E-state index in [0.29, 0.717) is 0 Å². The maximum Gasteiger partial charge on any atom is 0.161 e. The second kappa shape index (κ2) is 7.21. The molecular formula is C18H22N6. The molecule has 3 aromatic rings. The lowest BCUT2D eigenvalue weighted by atomic mass is 10.2. The molecule has 0 saturated carbocycles. The molecule has 6 nitrogen and oxygen atoms in total. The molecule has 0 spiro atoms. The number of pyridine rings is 1. The van der Waals surface area contributed by atoms with Crippen LogP contribution in [0.3, 0.4) is 0 Å². The molecule has 0 fully saturated rings. The summed E-state index contributed by atoms with van der Waals surface area (Å²) in [6.07, 6.45) is 8.43. The van der Waals surface area contributed by atoms with E-state index in [1.807, 2.05) is 36.9 Å². The van der Waals surface area contributed by atoms with Crippen molar-refractivity contribution >= 4 is 5.82 Å². The van der Waals surface area contributed by atoms with Crippen molar-refractivity contribution in [2.75, 3.05) is 11.9 Å². The Balaban J connectivity index is 1.67. The van der Waals surface area contributed by atoms with Gasteiger partial charge in [-0.3, -0.25) is 9.67 Å². The van der Waals surface area contributed by atoms with Crippen molar-refractivity contribution in [1.82, 2.24) is 24.7 Å². The molecule has 0 bridgehead atoms. The number of aryl methyl sites for hydroxylation is 3. The van der Waals surface area contributed by atoms with E-state index in [1.54, 1.807) is 12.4 Å². The second-order valence-corrected chi connectivity index (χ2v) is 5.90. The van der Waals surface area contributed by atoms with Crippen LogP contribution < -0.4 is 5.32 Å². The summed E-state index contributed by atoms with van der Waals surface area (Å²) in [7, 11) is 0. The third-order valence-corrected chi connectivity index (χ3v) is 3.95. The van der Waals surface area contributed by atoms with Crippen LogP contribution in [0, 0.1) is 20.8 Å². The molecule has 0 aliphatic heterocycles. The van der Waals surface area contributed by atoms with Crippen LogP contribution in [0.2, 0.25) is 0 Å². The summed E-state index contributed by atoms with van der Waals surface area (Å²) in [5.74, 6) is 1.62. The largest absolute Gasteiger partial charge is 0.370 e. The van der Waals surface area contributed by atoms with Gasteiger partial charge in [-0.05, 0) is 44.9 Å². The average Bonchev–Trinajstić information content (AvgIpc) is 3.01. The SMILES string of the molecule is Cc1cnn(CCCNc2nc(-c3ccncc3)nc(C)c2C)c1. The van der Waals surface area contributed by atoms with E-state index in [4.69, 9.17) is 0 Å². The Morgan fingerprint density at radius 2 is 1.88 bits per heavy atom. The molecule has 124 valence electrons. The molecule has 0 aliphatic rings. The van der Waals surface area contributed by atoms with Crippen molar-refractivity contribution in [2.24, 2.45) is 0 Å². The zero-order chi connectivity index (χ0) is 16.9. The number of rotatable bonds is 6. The maximum atomic E-state index is 4.68. The van der Waals surface area contributed by atoms with E-state index >= 15 is 0 Å². The van der Waals surface area contributed by atoms with Gasteiger partial charge < -0.3 is 5.32 Å². The van der Waals surface area contributed by atoms with Gasteiger partial charge in [0, 0.05) is 48.5 Å². The highest BCUT2D eigenvalue weighted by molar-refractivity contribution is 5.59. The zero-order valence-corrected chi connectivity index (χ0v) is 14.3. The van der Waals surface area contributed by atoms with Crippen molar-refractivity contribution in [1.29, 1.82) is 0 Å². The number of nitrogens with one attached hydrogen (secondary N) is 1. The van der Waals surface area contributed by atoms with E-state index in [-0.39, 0.29) is 0 Å². The minimum Gasteiger partial charge on any atom is -0.370 e. The highest BCUT2D eigenvalue weighted by Gasteiger charge is 2.09. The Bertz CT molecular complexity index is 810. The summed E-state index contributed by atoms with van der Waals surface area (Å²) in [6.45, 7) is 7.84. The predicted molar refractivity (Wildman–Crippen MR) is 94.8 cm³/mol. The van der Waals surface area contributed by atoms with Crippen molar-refractivity contribution in [3.63, 3.8) is 0 Å². The Kier molecular flexibility index (Phi) is 4.84. The van der Waals surface area contributed by atoms with E-state index in [1.165, 1.54) is 5.56 Å². The van der Waals surface area contributed by atoms with Crippen molar-refractivity contribution in [3.05, 3.63) is 53.7 Å². The zero-order valence-electron chi connectivity index (χ0n) is 14.3. The maximum absolute atomic E-state index is 4.68. The molecule has 0 aliphatic carbocycles. The average molecular weight is 322 g/mol. The Hall–Kier alpha value is -2.76. The third kappa shape index (κ3) is 3.76. The molecule has 6 heteroatoms. The molecule has 24 heavy (non-hydrogen) atoms. The molecule has 0 amide bonds. The van der Waals surface area contributed by atoms with E-state index in [0.717, 1.165) is 48.0 Å². The standard InChI is InChI=1S/C18H22N6/c1-13-11-21-24(12-13)10-4-7-20-17-14(2)15(3)22-18(23-17)16-5-8-19-9-6-16/h5-6,8-9,11-12H,4,7,10H2,1-3H3,(H,20,22,23). The molecule has 3 heterocycles. The first-order valence-electron chi connectivity index (χ1n) is 8.12. The third-order valence-electron chi connectivity index (χ3n) is 3.95. The van der Waals surface area contributed by atoms with Gasteiger partial charge in [-0.15, -0.1) is 0 Å². The lowest BCUT2D eigenvalue weighted by molar-refractivity contribution is 0.591. The lowest BCUT2D eigenvalue weighted by Gasteiger charge is -2.12. The number of hydrogen-bond acceptors (Lipinski definition) is 5. The fourth-order valence-corrected chi connectivity index (χ4v) is 2.47. The molecule has 0 aromatic carbocycles. The minimum atomic E-state index is 0.728. The van der Waals surface area contributed by atoms with Crippen molar-refractivity contribution < 1.29 is 0 Å². The van der Waals surface area contributed by atoms with Gasteiger partial charge in [-0.2, -0.15) is 5.10 Å². The summed E-state index contributed by atoms with van der Waals surface area (Å²) in [5.41, 5.74) is 4.24. The monoisotopic (exact) mass is 322 g/mol. The quantitative estimate of drug-likeness (QED) is 0.706. The van der Waals surface area contributed by atoms with Crippen LogP contribution >= 0.6 is 0 Å². The van der Waals surface area contributed by atoms with Crippen molar-refractivity contribution in [2.45, 2.75) is 33.7 Å². The normalized spacial score (nSPS) is 10.8. The van der Waals surface area contributed by atoms with Gasteiger partial charge in [0.2, 0.25) is 0 Å². The summed E-state index contributed by atoms with van der Waals surface area (Å²) < 4.78 is 1.97. The first kappa shape index (κ1) is 16.1. The molecule has 0 radical (unpaired) electrons. The van der Waals surface area contributed by atoms with E-state index in [2.05, 4.69) is 38.5 Å². The molecular weight excluding hydrogens is 300 g/mol. The van der Waals surface area contributed by atoms with Gasteiger partial charge in [0.15, 0.2) is 5.82 Å². The van der Waals surface area contributed by atoms with Crippen LogP contribution in [-0.4, -0.2) is 31.3 Å². The Morgan fingerprint density at radius 3 is 2.58 bits per heavy atom. The van der Waals surface area contributed by atoms with Crippen LogP contribution in [0.15, 0.2) is 36.9 Å². The Labute approximate surface area is 142 Å². The lowest BCUT2D eigenvalue weighted by Crippen LogP contribution is -2.11. The van der Waals surface area contributed by atoms with Crippen molar-refractivity contribution in [3.8, 4) is 11.4 Å². The van der Waals surface area contributed by atoms with E-state index in [9.17, 15) is 0 Å². The highest BCUT2D eigenvalue weighted by atomic mass is 15.3. The minimum absolute atomic E-state index is 0.728. The predicted octanol–water partition coefficient (Wildman–Crippen LogP) is 3.16. The number of hydrogen-bond donors (Lipinski definition) is 1. The number of aromatic nitrogens is 5. The fourth-order valence-electron chi connectivity index (χ4n) is 2.47. The van der Waals surface area contributed by atoms with Gasteiger partial charge in [0.25, 0.3) is 0 Å². The molecule has 0 atom stereocenters. The fraction of sp³-hybridized carbons (Fsp3) is 0.333. The van der Waals surface area contributed by atoms with Gasteiger partial charge in [0.05, 0.1) is 6.20 Å². The highest BCUT2D eigenvalue weighted by Crippen LogP contribution is 2.21. The topological polar surface area (TPSA) is 68.5 Å². The molecule has 1 N–H and O–H groups in total. The molecule has 3 aromatic heterocycles. The molecule has 0 saturated heterocycles. The van der Waals surface area contributed by atoms with Gasteiger partial charge in [-0.1, -0.05) is 0 Å². The number of anilines is 1. The Morgan fingerprint density at radius 1 is 1.08 bits per heavy atom. The van der Waals surface area contributed by atoms with Gasteiger partial charge in [-0.25, -0.2) is 9.97 Å². The first-order valence-corrected chi connectivity index (χ1v) is 8.12. The summed E-state index contributed by atoms with van der Waals surface area (Å²) in [6, 6.07) is 3.85. The van der Waals surface area contributed by atoms with Gasteiger partial charge >= 0.3 is 0 Å². The smallest absolute Gasteiger partial charge is 0.161 e.